The smallest absolute Gasteiger partial charge is 0.270 e. The summed E-state index contributed by atoms with van der Waals surface area (Å²) in [5.41, 5.74) is 3.51. The van der Waals surface area contributed by atoms with Gasteiger partial charge in [0.25, 0.3) is 5.69 Å². The number of likely N-dealkylation sites (N-methyl/N-ethyl adjacent to an activating group) is 1. The van der Waals surface area contributed by atoms with Gasteiger partial charge in [0.05, 0.1) is 11.5 Å². The molecule has 0 unspecified atom stereocenters. The molecule has 0 bridgehead atoms. The van der Waals surface area contributed by atoms with Crippen molar-refractivity contribution in [3.63, 3.8) is 0 Å². The van der Waals surface area contributed by atoms with Crippen molar-refractivity contribution in [3.8, 4) is 5.75 Å². The Balaban J connectivity index is 0.00000225. The normalized spacial score (nSPS) is 12.7. The topological polar surface area (TPSA) is 55.6 Å². The lowest BCUT2D eigenvalue weighted by molar-refractivity contribution is -0.384. The zero-order valence-electron chi connectivity index (χ0n) is 14.1. The zero-order valence-corrected chi connectivity index (χ0v) is 14.9. The fourth-order valence-corrected chi connectivity index (χ4v) is 2.83. The number of ether oxygens (including phenoxy) is 1. The van der Waals surface area contributed by atoms with Crippen LogP contribution in [0.1, 0.15) is 16.7 Å². The van der Waals surface area contributed by atoms with Crippen LogP contribution in [0.25, 0.3) is 6.08 Å². The Morgan fingerprint density at radius 2 is 2.12 bits per heavy atom. The summed E-state index contributed by atoms with van der Waals surface area (Å²) in [5.74, 6) is 1.01. The van der Waals surface area contributed by atoms with Crippen molar-refractivity contribution in [2.75, 3.05) is 20.2 Å². The fraction of sp³-hybridized carbons (Fsp3) is 0.263. The standard InChI is InChI=1S/C19H20N2O3.ClH/c1-20(14-16-7-8-19-17(12-16)9-11-24-19)10-3-5-15-4-2-6-18(13-15)21(22)23;/h2-8,12-13H,9-11,14H2,1H3;1H/b5-3+;. The highest BCUT2D eigenvalue weighted by atomic mass is 35.5. The van der Waals surface area contributed by atoms with Crippen molar-refractivity contribution in [2.45, 2.75) is 13.0 Å². The zero-order chi connectivity index (χ0) is 16.9. The van der Waals surface area contributed by atoms with Crippen molar-refractivity contribution >= 4 is 24.2 Å². The minimum atomic E-state index is -0.374. The molecule has 1 aliphatic heterocycles. The van der Waals surface area contributed by atoms with Gasteiger partial charge < -0.3 is 4.74 Å². The van der Waals surface area contributed by atoms with Gasteiger partial charge >= 0.3 is 0 Å². The van der Waals surface area contributed by atoms with Crippen LogP contribution in [0.2, 0.25) is 0 Å². The van der Waals surface area contributed by atoms with Gasteiger partial charge in [-0.25, -0.2) is 0 Å². The van der Waals surface area contributed by atoms with Crippen LogP contribution < -0.4 is 4.74 Å². The van der Waals surface area contributed by atoms with Gasteiger partial charge in [-0.15, -0.1) is 12.4 Å². The average Bonchev–Trinajstić information content (AvgIpc) is 3.03. The maximum Gasteiger partial charge on any atom is 0.270 e. The maximum atomic E-state index is 10.8. The molecule has 0 atom stereocenters. The van der Waals surface area contributed by atoms with E-state index in [1.54, 1.807) is 12.1 Å². The van der Waals surface area contributed by atoms with E-state index in [0.717, 1.165) is 37.4 Å². The molecule has 0 saturated carbocycles. The summed E-state index contributed by atoms with van der Waals surface area (Å²) in [6.07, 6.45) is 4.93. The van der Waals surface area contributed by atoms with E-state index in [9.17, 15) is 10.1 Å². The maximum absolute atomic E-state index is 10.8. The van der Waals surface area contributed by atoms with Gasteiger partial charge in [0.1, 0.15) is 5.75 Å². The monoisotopic (exact) mass is 360 g/mol. The predicted octanol–water partition coefficient (Wildman–Crippen LogP) is 4.10. The average molecular weight is 361 g/mol. The van der Waals surface area contributed by atoms with Gasteiger partial charge in [-0.2, -0.15) is 0 Å². The van der Waals surface area contributed by atoms with Crippen LogP contribution in [-0.4, -0.2) is 30.0 Å². The number of rotatable bonds is 6. The third kappa shape index (κ3) is 5.05. The molecule has 0 aliphatic carbocycles. The summed E-state index contributed by atoms with van der Waals surface area (Å²) in [7, 11) is 2.06. The Bertz CT molecular complexity index is 777. The highest BCUT2D eigenvalue weighted by molar-refractivity contribution is 5.85. The Kier molecular flexibility index (Phi) is 6.56. The number of fused-ring (bicyclic) bond motifs is 1. The summed E-state index contributed by atoms with van der Waals surface area (Å²) in [5, 5.41) is 10.8. The molecule has 0 N–H and O–H groups in total. The molecule has 25 heavy (non-hydrogen) atoms. The second-order valence-electron chi connectivity index (χ2n) is 5.99. The van der Waals surface area contributed by atoms with E-state index in [-0.39, 0.29) is 23.0 Å². The number of benzene rings is 2. The molecular formula is C19H21ClN2O3. The molecule has 132 valence electrons. The molecule has 0 spiro atoms. The van der Waals surface area contributed by atoms with Crippen LogP contribution in [-0.2, 0) is 13.0 Å². The van der Waals surface area contributed by atoms with Crippen LogP contribution in [0.4, 0.5) is 5.69 Å². The molecule has 1 heterocycles. The number of hydrogen-bond donors (Lipinski definition) is 0. The summed E-state index contributed by atoms with van der Waals surface area (Å²) in [6.45, 7) is 2.41. The number of nitro benzene ring substituents is 1. The number of halogens is 1. The summed E-state index contributed by atoms with van der Waals surface area (Å²) in [6, 6.07) is 13.0. The first-order chi connectivity index (χ1) is 11.6. The number of nitrogens with zero attached hydrogens (tertiary/aromatic N) is 2. The first-order valence-electron chi connectivity index (χ1n) is 7.96. The van der Waals surface area contributed by atoms with Crippen molar-refractivity contribution in [2.24, 2.45) is 0 Å². The van der Waals surface area contributed by atoms with Crippen LogP contribution in [0.3, 0.4) is 0 Å². The Morgan fingerprint density at radius 3 is 2.92 bits per heavy atom. The number of hydrogen-bond acceptors (Lipinski definition) is 4. The number of nitro groups is 1. The molecule has 0 saturated heterocycles. The minimum absolute atomic E-state index is 0. The van der Waals surface area contributed by atoms with E-state index in [1.807, 2.05) is 24.3 Å². The molecular weight excluding hydrogens is 340 g/mol. The molecule has 5 nitrogen and oxygen atoms in total. The van der Waals surface area contributed by atoms with Crippen molar-refractivity contribution in [1.82, 2.24) is 4.90 Å². The van der Waals surface area contributed by atoms with E-state index in [0.29, 0.717) is 0 Å². The Morgan fingerprint density at radius 1 is 1.28 bits per heavy atom. The van der Waals surface area contributed by atoms with Crippen molar-refractivity contribution in [3.05, 3.63) is 75.3 Å². The van der Waals surface area contributed by atoms with Gasteiger partial charge in [0.2, 0.25) is 0 Å². The lowest BCUT2D eigenvalue weighted by Crippen LogP contribution is -2.17. The van der Waals surface area contributed by atoms with E-state index >= 15 is 0 Å². The van der Waals surface area contributed by atoms with Crippen LogP contribution >= 0.6 is 12.4 Å². The first-order valence-corrected chi connectivity index (χ1v) is 7.96. The largest absolute Gasteiger partial charge is 0.493 e. The van der Waals surface area contributed by atoms with E-state index in [2.05, 4.69) is 24.1 Å². The summed E-state index contributed by atoms with van der Waals surface area (Å²) < 4.78 is 5.53. The van der Waals surface area contributed by atoms with Gasteiger partial charge in [-0.3, -0.25) is 15.0 Å². The molecule has 0 radical (unpaired) electrons. The first kappa shape index (κ1) is 19.0. The van der Waals surface area contributed by atoms with Crippen molar-refractivity contribution in [1.29, 1.82) is 0 Å². The van der Waals surface area contributed by atoms with Gasteiger partial charge in [0, 0.05) is 31.6 Å². The quantitative estimate of drug-likeness (QED) is 0.575. The van der Waals surface area contributed by atoms with Crippen LogP contribution in [0, 0.1) is 10.1 Å². The van der Waals surface area contributed by atoms with Gasteiger partial charge in [0.15, 0.2) is 0 Å². The summed E-state index contributed by atoms with van der Waals surface area (Å²) >= 11 is 0. The third-order valence-electron chi connectivity index (χ3n) is 4.01. The third-order valence-corrected chi connectivity index (χ3v) is 4.01. The van der Waals surface area contributed by atoms with Gasteiger partial charge in [-0.1, -0.05) is 36.4 Å². The van der Waals surface area contributed by atoms with Gasteiger partial charge in [-0.05, 0) is 29.8 Å². The van der Waals surface area contributed by atoms with E-state index < -0.39 is 0 Å². The van der Waals surface area contributed by atoms with Crippen LogP contribution in [0.5, 0.6) is 5.75 Å². The SMILES string of the molecule is CN(C/C=C/c1cccc([N+](=O)[O-])c1)Cc1ccc2c(c1)CCO2.Cl. The lowest BCUT2D eigenvalue weighted by Gasteiger charge is -2.15. The van der Waals surface area contributed by atoms with E-state index in [1.165, 1.54) is 17.2 Å². The molecule has 2 aromatic rings. The Hall–Kier alpha value is -2.37. The highest BCUT2D eigenvalue weighted by Gasteiger charge is 2.12. The Labute approximate surface area is 153 Å². The number of non-ortho nitro benzene ring substituents is 1. The fourth-order valence-electron chi connectivity index (χ4n) is 2.83. The molecule has 6 heteroatoms. The minimum Gasteiger partial charge on any atom is -0.493 e. The van der Waals surface area contributed by atoms with E-state index in [4.69, 9.17) is 4.74 Å². The molecule has 0 amide bonds. The summed E-state index contributed by atoms with van der Waals surface area (Å²) in [4.78, 5) is 12.6. The molecule has 3 rings (SSSR count). The second kappa shape index (κ2) is 8.65. The van der Waals surface area contributed by atoms with Crippen LogP contribution in [0.15, 0.2) is 48.5 Å². The molecule has 1 aliphatic rings. The molecule has 0 fully saturated rings. The molecule has 2 aromatic carbocycles. The highest BCUT2D eigenvalue weighted by Crippen LogP contribution is 2.26. The molecule has 0 aromatic heterocycles. The predicted molar refractivity (Wildman–Crippen MR) is 101 cm³/mol. The second-order valence-corrected chi connectivity index (χ2v) is 5.99. The lowest BCUT2D eigenvalue weighted by atomic mass is 10.1. The van der Waals surface area contributed by atoms with Crippen molar-refractivity contribution < 1.29 is 9.66 Å².